The number of methoxy groups -OCH3 is 1. The molecule has 1 aliphatic heterocycles. The van der Waals surface area contributed by atoms with Crippen molar-refractivity contribution in [3.05, 3.63) is 65.9 Å². The number of rotatable bonds is 6. The maximum absolute atomic E-state index is 13.4. The van der Waals surface area contributed by atoms with Crippen molar-refractivity contribution in [1.29, 1.82) is 0 Å². The molecule has 0 spiro atoms. The molecule has 9 heteroatoms. The number of aromatic nitrogens is 1. The van der Waals surface area contributed by atoms with Crippen molar-refractivity contribution in [3.63, 3.8) is 0 Å². The first-order chi connectivity index (χ1) is 18.8. The monoisotopic (exact) mass is 534 g/mol. The number of benzene rings is 2. The van der Waals surface area contributed by atoms with Gasteiger partial charge in [0.15, 0.2) is 5.76 Å². The predicted molar refractivity (Wildman–Crippen MR) is 150 cm³/mol. The maximum atomic E-state index is 13.4. The molecule has 0 radical (unpaired) electrons. The van der Waals surface area contributed by atoms with Gasteiger partial charge in [-0.15, -0.1) is 0 Å². The standard InChI is InChI=1S/C30H38N4O5/c1-6-29(35)31-23-12-13-25-27(14-23)38-19-21(3)34(16-20(2)28(37-5)18-33(4)30(25)36)17-24-15-26(39-32-24)22-10-8-7-9-11-22/h7-15,20-21,28H,6,16-19H2,1-5H3,(H,31,35)/t20-,21-,28-/m1/s1. The molecule has 0 bridgehead atoms. The van der Waals surface area contributed by atoms with Gasteiger partial charge >= 0.3 is 0 Å². The van der Waals surface area contributed by atoms with E-state index in [0.717, 1.165) is 17.0 Å². The molecule has 0 aliphatic carbocycles. The van der Waals surface area contributed by atoms with E-state index in [0.29, 0.717) is 49.7 Å². The summed E-state index contributed by atoms with van der Waals surface area (Å²) in [6, 6.07) is 17.0. The Morgan fingerprint density at radius 2 is 1.90 bits per heavy atom. The quantitative estimate of drug-likeness (QED) is 0.490. The number of fused-ring (bicyclic) bond motifs is 1. The minimum Gasteiger partial charge on any atom is -0.491 e. The fourth-order valence-corrected chi connectivity index (χ4v) is 4.73. The summed E-state index contributed by atoms with van der Waals surface area (Å²) in [4.78, 5) is 29.3. The third-order valence-corrected chi connectivity index (χ3v) is 7.16. The Bertz CT molecular complexity index is 1260. The number of amides is 2. The number of nitrogens with zero attached hydrogens (tertiary/aromatic N) is 3. The molecule has 1 N–H and O–H groups in total. The fourth-order valence-electron chi connectivity index (χ4n) is 4.73. The lowest BCUT2D eigenvalue weighted by Crippen LogP contribution is -2.46. The first-order valence-electron chi connectivity index (χ1n) is 13.4. The molecule has 39 heavy (non-hydrogen) atoms. The van der Waals surface area contributed by atoms with Gasteiger partial charge in [0.25, 0.3) is 5.91 Å². The average Bonchev–Trinajstić information content (AvgIpc) is 3.42. The molecule has 208 valence electrons. The molecule has 3 aromatic rings. The van der Waals surface area contributed by atoms with Crippen molar-refractivity contribution < 1.29 is 23.6 Å². The topological polar surface area (TPSA) is 97.1 Å². The summed E-state index contributed by atoms with van der Waals surface area (Å²) >= 11 is 0. The van der Waals surface area contributed by atoms with Crippen molar-refractivity contribution in [2.24, 2.45) is 5.92 Å². The van der Waals surface area contributed by atoms with Gasteiger partial charge in [-0.2, -0.15) is 0 Å². The van der Waals surface area contributed by atoms with Gasteiger partial charge in [-0.1, -0.05) is 49.3 Å². The van der Waals surface area contributed by atoms with Gasteiger partial charge in [0.2, 0.25) is 5.91 Å². The Balaban J connectivity index is 1.62. The lowest BCUT2D eigenvalue weighted by molar-refractivity contribution is -0.115. The molecule has 2 heterocycles. The van der Waals surface area contributed by atoms with Crippen LogP contribution in [0.5, 0.6) is 5.75 Å². The first-order valence-corrected chi connectivity index (χ1v) is 13.4. The molecular formula is C30H38N4O5. The van der Waals surface area contributed by atoms with Crippen LogP contribution in [0.15, 0.2) is 59.1 Å². The largest absolute Gasteiger partial charge is 0.491 e. The maximum Gasteiger partial charge on any atom is 0.257 e. The van der Waals surface area contributed by atoms with Crippen LogP contribution in [0.4, 0.5) is 5.69 Å². The SMILES string of the molecule is CCC(=O)Nc1ccc2c(c1)OC[C@@H](C)N(Cc1cc(-c3ccccc3)on1)C[C@@H](C)[C@H](OC)CN(C)C2=O. The van der Waals surface area contributed by atoms with Gasteiger partial charge in [-0.3, -0.25) is 14.5 Å². The number of carbonyl (C=O) groups excluding carboxylic acids is 2. The second-order valence-corrected chi connectivity index (χ2v) is 10.2. The van der Waals surface area contributed by atoms with Crippen molar-refractivity contribution >= 4 is 17.5 Å². The molecule has 1 aromatic heterocycles. The van der Waals surface area contributed by atoms with Gasteiger partial charge in [-0.25, -0.2) is 0 Å². The molecule has 2 amide bonds. The highest BCUT2D eigenvalue weighted by Gasteiger charge is 2.29. The zero-order valence-corrected chi connectivity index (χ0v) is 23.3. The smallest absolute Gasteiger partial charge is 0.257 e. The van der Waals surface area contributed by atoms with Gasteiger partial charge in [0.1, 0.15) is 12.4 Å². The molecule has 3 atom stereocenters. The van der Waals surface area contributed by atoms with Gasteiger partial charge in [-0.05, 0) is 25.0 Å². The molecule has 0 fully saturated rings. The second kappa shape index (κ2) is 12.9. The normalized spacial score (nSPS) is 20.9. The van der Waals surface area contributed by atoms with Crippen LogP contribution in [0.25, 0.3) is 11.3 Å². The summed E-state index contributed by atoms with van der Waals surface area (Å²) < 4.78 is 17.8. The molecular weight excluding hydrogens is 496 g/mol. The van der Waals surface area contributed by atoms with E-state index in [2.05, 4.69) is 29.2 Å². The highest BCUT2D eigenvalue weighted by atomic mass is 16.5. The van der Waals surface area contributed by atoms with E-state index in [1.807, 2.05) is 36.4 Å². The molecule has 1 aliphatic rings. The van der Waals surface area contributed by atoms with Crippen LogP contribution in [0.3, 0.4) is 0 Å². The Morgan fingerprint density at radius 1 is 1.13 bits per heavy atom. The summed E-state index contributed by atoms with van der Waals surface area (Å²) in [7, 11) is 3.45. The van der Waals surface area contributed by atoms with Crippen LogP contribution < -0.4 is 10.1 Å². The molecule has 0 unspecified atom stereocenters. The third-order valence-electron chi connectivity index (χ3n) is 7.16. The number of nitrogens with one attached hydrogen (secondary N) is 1. The third kappa shape index (κ3) is 7.04. The van der Waals surface area contributed by atoms with Crippen LogP contribution >= 0.6 is 0 Å². The lowest BCUT2D eigenvalue weighted by atomic mass is 10.0. The second-order valence-electron chi connectivity index (χ2n) is 10.2. The summed E-state index contributed by atoms with van der Waals surface area (Å²) in [5.74, 6) is 1.02. The number of likely N-dealkylation sites (N-methyl/N-ethyl adjacent to an activating group) is 1. The zero-order chi connectivity index (χ0) is 27.9. The first kappa shape index (κ1) is 28.3. The number of ether oxygens (including phenoxy) is 2. The number of hydrogen-bond acceptors (Lipinski definition) is 7. The van der Waals surface area contributed by atoms with Gasteiger partial charge in [0, 0.05) is 69.6 Å². The summed E-state index contributed by atoms with van der Waals surface area (Å²) in [5, 5.41) is 7.19. The van der Waals surface area contributed by atoms with E-state index in [1.165, 1.54) is 0 Å². The Kier molecular flexibility index (Phi) is 9.37. The molecule has 9 nitrogen and oxygen atoms in total. The fraction of sp³-hybridized carbons (Fsp3) is 0.433. The van der Waals surface area contributed by atoms with Crippen molar-refractivity contribution in [2.75, 3.05) is 39.2 Å². The zero-order valence-electron chi connectivity index (χ0n) is 23.3. The molecule has 0 saturated carbocycles. The van der Waals surface area contributed by atoms with Crippen molar-refractivity contribution in [1.82, 2.24) is 15.0 Å². The summed E-state index contributed by atoms with van der Waals surface area (Å²) in [5.41, 5.74) is 2.83. The van der Waals surface area contributed by atoms with Crippen LogP contribution in [-0.4, -0.2) is 72.8 Å². The number of hydrogen-bond donors (Lipinski definition) is 1. The van der Waals surface area contributed by atoms with Crippen LogP contribution in [0.1, 0.15) is 43.2 Å². The molecule has 4 rings (SSSR count). The molecule has 0 saturated heterocycles. The average molecular weight is 535 g/mol. The lowest BCUT2D eigenvalue weighted by Gasteiger charge is -2.35. The highest BCUT2D eigenvalue weighted by Crippen LogP contribution is 2.28. The minimum absolute atomic E-state index is 0.0178. The van der Waals surface area contributed by atoms with E-state index in [9.17, 15) is 9.59 Å². The van der Waals surface area contributed by atoms with Gasteiger partial charge < -0.3 is 24.2 Å². The number of anilines is 1. The molecule has 2 aromatic carbocycles. The van der Waals surface area contributed by atoms with Crippen LogP contribution in [0, 0.1) is 5.92 Å². The Labute approximate surface area is 230 Å². The van der Waals surface area contributed by atoms with E-state index >= 15 is 0 Å². The highest BCUT2D eigenvalue weighted by molar-refractivity contribution is 5.98. The van der Waals surface area contributed by atoms with E-state index < -0.39 is 0 Å². The number of carbonyl (C=O) groups is 2. The van der Waals surface area contributed by atoms with E-state index in [4.69, 9.17) is 14.0 Å². The van der Waals surface area contributed by atoms with E-state index in [1.54, 1.807) is 44.2 Å². The minimum atomic E-state index is -0.169. The predicted octanol–water partition coefficient (Wildman–Crippen LogP) is 4.70. The summed E-state index contributed by atoms with van der Waals surface area (Å²) in [6.45, 7) is 8.05. The van der Waals surface area contributed by atoms with Crippen molar-refractivity contribution in [3.8, 4) is 17.1 Å². The summed E-state index contributed by atoms with van der Waals surface area (Å²) in [6.07, 6.45) is 0.189. The van der Waals surface area contributed by atoms with Crippen LogP contribution in [0.2, 0.25) is 0 Å². The van der Waals surface area contributed by atoms with Crippen molar-refractivity contribution in [2.45, 2.75) is 45.9 Å². The Hall–Kier alpha value is -3.69. The van der Waals surface area contributed by atoms with E-state index in [-0.39, 0.29) is 29.9 Å². The Morgan fingerprint density at radius 3 is 2.62 bits per heavy atom. The van der Waals surface area contributed by atoms with Crippen LogP contribution in [-0.2, 0) is 16.1 Å². The van der Waals surface area contributed by atoms with Gasteiger partial charge in [0.05, 0.1) is 17.4 Å².